The molecule has 0 unspecified atom stereocenters. The highest BCUT2D eigenvalue weighted by Crippen LogP contribution is 2.15. The van der Waals surface area contributed by atoms with E-state index in [0.717, 1.165) is 0 Å². The summed E-state index contributed by atoms with van der Waals surface area (Å²) >= 11 is 5.62. The average molecular weight is 218 g/mol. The molecule has 0 spiro atoms. The number of carbonyl (C=O) groups excluding carboxylic acids is 1. The molecule has 78 valence electrons. The molecular formula is C9H12ClNO3. The maximum atomic E-state index is 11.4. The summed E-state index contributed by atoms with van der Waals surface area (Å²) < 4.78 is 9.85. The molecule has 1 aromatic rings. The number of hydrogen-bond acceptors (Lipinski definition) is 3. The molecule has 0 saturated heterocycles. The van der Waals surface area contributed by atoms with Crippen LogP contribution in [0.4, 0.5) is 0 Å². The molecule has 0 fully saturated rings. The second-order valence-corrected chi connectivity index (χ2v) is 2.90. The second kappa shape index (κ2) is 5.67. The summed E-state index contributed by atoms with van der Waals surface area (Å²) in [6.45, 7) is 3.50. The number of nitrogens with one attached hydrogen (secondary N) is 1. The molecule has 0 aliphatic carbocycles. The molecule has 1 rings (SSSR count). The minimum absolute atomic E-state index is 0.110. The van der Waals surface area contributed by atoms with Crippen LogP contribution in [0.15, 0.2) is 16.7 Å². The van der Waals surface area contributed by atoms with Gasteiger partial charge in [0.2, 0.25) is 5.22 Å². The van der Waals surface area contributed by atoms with Crippen LogP contribution in [0.2, 0.25) is 5.22 Å². The van der Waals surface area contributed by atoms with Gasteiger partial charge < -0.3 is 14.5 Å². The fourth-order valence-electron chi connectivity index (χ4n) is 0.932. The Kier molecular flexibility index (Phi) is 4.49. The van der Waals surface area contributed by atoms with Crippen molar-refractivity contribution in [2.45, 2.75) is 6.92 Å². The first-order chi connectivity index (χ1) is 6.75. The third-order valence-electron chi connectivity index (χ3n) is 1.60. The normalized spacial score (nSPS) is 10.1. The molecule has 1 aromatic heterocycles. The SMILES string of the molecule is CCOCCNC(=O)c1ccoc1Cl. The van der Waals surface area contributed by atoms with Crippen LogP contribution in [0.3, 0.4) is 0 Å². The second-order valence-electron chi connectivity index (χ2n) is 2.56. The van der Waals surface area contributed by atoms with E-state index < -0.39 is 0 Å². The van der Waals surface area contributed by atoms with Crippen LogP contribution >= 0.6 is 11.6 Å². The van der Waals surface area contributed by atoms with E-state index in [1.807, 2.05) is 6.92 Å². The first-order valence-corrected chi connectivity index (χ1v) is 4.72. The van der Waals surface area contributed by atoms with Crippen molar-refractivity contribution >= 4 is 17.5 Å². The number of hydrogen-bond donors (Lipinski definition) is 1. The molecule has 0 aromatic carbocycles. The van der Waals surface area contributed by atoms with E-state index in [-0.39, 0.29) is 11.1 Å². The number of furan rings is 1. The van der Waals surface area contributed by atoms with Crippen LogP contribution in [0.1, 0.15) is 17.3 Å². The van der Waals surface area contributed by atoms with Crippen molar-refractivity contribution in [1.29, 1.82) is 0 Å². The zero-order valence-electron chi connectivity index (χ0n) is 7.88. The van der Waals surface area contributed by atoms with E-state index in [0.29, 0.717) is 25.3 Å². The highest BCUT2D eigenvalue weighted by atomic mass is 35.5. The molecule has 0 aliphatic rings. The molecule has 0 aliphatic heterocycles. The van der Waals surface area contributed by atoms with Gasteiger partial charge in [0.25, 0.3) is 5.91 Å². The van der Waals surface area contributed by atoms with E-state index >= 15 is 0 Å². The summed E-state index contributed by atoms with van der Waals surface area (Å²) in [6, 6.07) is 1.53. The van der Waals surface area contributed by atoms with Crippen molar-refractivity contribution in [3.63, 3.8) is 0 Å². The van der Waals surface area contributed by atoms with Gasteiger partial charge >= 0.3 is 0 Å². The first-order valence-electron chi connectivity index (χ1n) is 4.34. The summed E-state index contributed by atoms with van der Waals surface area (Å²) in [5.41, 5.74) is 0.350. The fourth-order valence-corrected chi connectivity index (χ4v) is 1.13. The van der Waals surface area contributed by atoms with E-state index in [4.69, 9.17) is 20.8 Å². The van der Waals surface area contributed by atoms with Gasteiger partial charge in [-0.1, -0.05) is 0 Å². The first kappa shape index (κ1) is 11.1. The van der Waals surface area contributed by atoms with Crippen molar-refractivity contribution < 1.29 is 13.9 Å². The van der Waals surface area contributed by atoms with Gasteiger partial charge in [-0.3, -0.25) is 4.79 Å². The van der Waals surface area contributed by atoms with E-state index in [1.54, 1.807) is 0 Å². The van der Waals surface area contributed by atoms with Crippen LogP contribution in [0, 0.1) is 0 Å². The summed E-state index contributed by atoms with van der Waals surface area (Å²) in [5.74, 6) is -0.247. The van der Waals surface area contributed by atoms with Gasteiger partial charge in [0, 0.05) is 13.2 Å². The quantitative estimate of drug-likeness (QED) is 0.764. The lowest BCUT2D eigenvalue weighted by molar-refractivity contribution is 0.0922. The van der Waals surface area contributed by atoms with Crippen molar-refractivity contribution in [2.24, 2.45) is 0 Å². The van der Waals surface area contributed by atoms with E-state index in [9.17, 15) is 4.79 Å². The number of rotatable bonds is 5. The minimum Gasteiger partial charge on any atom is -0.452 e. The lowest BCUT2D eigenvalue weighted by atomic mass is 10.3. The lowest BCUT2D eigenvalue weighted by Crippen LogP contribution is -2.27. The molecule has 0 saturated carbocycles. The third kappa shape index (κ3) is 3.05. The largest absolute Gasteiger partial charge is 0.452 e. The zero-order valence-corrected chi connectivity index (χ0v) is 8.63. The van der Waals surface area contributed by atoms with Crippen LogP contribution < -0.4 is 5.32 Å². The number of amides is 1. The standard InChI is InChI=1S/C9H12ClNO3/c1-2-13-6-4-11-9(12)7-3-5-14-8(7)10/h3,5H,2,4,6H2,1H3,(H,11,12). The smallest absolute Gasteiger partial charge is 0.256 e. The average Bonchev–Trinajstić information content (AvgIpc) is 2.59. The molecule has 1 heterocycles. The Morgan fingerprint density at radius 2 is 2.50 bits per heavy atom. The molecule has 1 amide bonds. The Labute approximate surface area is 87.2 Å². The van der Waals surface area contributed by atoms with Gasteiger partial charge in [-0.2, -0.15) is 0 Å². The van der Waals surface area contributed by atoms with E-state index in [2.05, 4.69) is 5.32 Å². The van der Waals surface area contributed by atoms with Gasteiger partial charge in [-0.05, 0) is 24.6 Å². The topological polar surface area (TPSA) is 51.5 Å². The maximum Gasteiger partial charge on any atom is 0.256 e. The summed E-state index contributed by atoms with van der Waals surface area (Å²) in [7, 11) is 0. The van der Waals surface area contributed by atoms with Crippen LogP contribution in [0.5, 0.6) is 0 Å². The Morgan fingerprint density at radius 1 is 1.71 bits per heavy atom. The van der Waals surface area contributed by atoms with Crippen molar-refractivity contribution in [3.8, 4) is 0 Å². The lowest BCUT2D eigenvalue weighted by Gasteiger charge is -2.03. The Bertz CT molecular complexity index is 298. The molecule has 4 nitrogen and oxygen atoms in total. The predicted octanol–water partition coefficient (Wildman–Crippen LogP) is 1.70. The minimum atomic E-state index is -0.247. The Balaban J connectivity index is 2.32. The highest BCUT2D eigenvalue weighted by molar-refractivity contribution is 6.32. The zero-order chi connectivity index (χ0) is 10.4. The van der Waals surface area contributed by atoms with Gasteiger partial charge in [-0.15, -0.1) is 0 Å². The van der Waals surface area contributed by atoms with Gasteiger partial charge in [-0.25, -0.2) is 0 Å². The summed E-state index contributed by atoms with van der Waals surface area (Å²) in [4.78, 5) is 11.4. The van der Waals surface area contributed by atoms with E-state index in [1.165, 1.54) is 12.3 Å². The summed E-state index contributed by atoms with van der Waals surface area (Å²) in [6.07, 6.45) is 1.37. The summed E-state index contributed by atoms with van der Waals surface area (Å²) in [5, 5.41) is 2.76. The monoisotopic (exact) mass is 217 g/mol. The molecule has 14 heavy (non-hydrogen) atoms. The fraction of sp³-hybridized carbons (Fsp3) is 0.444. The number of ether oxygens (including phenoxy) is 1. The number of carbonyl (C=O) groups is 1. The third-order valence-corrected chi connectivity index (χ3v) is 1.89. The molecule has 0 bridgehead atoms. The van der Waals surface area contributed by atoms with Crippen molar-refractivity contribution in [1.82, 2.24) is 5.32 Å². The molecule has 1 N–H and O–H groups in total. The number of halogens is 1. The van der Waals surface area contributed by atoms with Gasteiger partial charge in [0.05, 0.1) is 18.4 Å². The molecule has 0 radical (unpaired) electrons. The van der Waals surface area contributed by atoms with Crippen LogP contribution in [-0.4, -0.2) is 25.7 Å². The predicted molar refractivity (Wildman–Crippen MR) is 52.5 cm³/mol. The molecule has 0 atom stereocenters. The van der Waals surface area contributed by atoms with Crippen molar-refractivity contribution in [2.75, 3.05) is 19.8 Å². The van der Waals surface area contributed by atoms with Gasteiger partial charge in [0.1, 0.15) is 0 Å². The van der Waals surface area contributed by atoms with Crippen molar-refractivity contribution in [3.05, 3.63) is 23.1 Å². The molecular weight excluding hydrogens is 206 g/mol. The van der Waals surface area contributed by atoms with Crippen LogP contribution in [-0.2, 0) is 4.74 Å². The van der Waals surface area contributed by atoms with Crippen LogP contribution in [0.25, 0.3) is 0 Å². The Morgan fingerprint density at radius 3 is 3.07 bits per heavy atom. The maximum absolute atomic E-state index is 11.4. The van der Waals surface area contributed by atoms with Gasteiger partial charge in [0.15, 0.2) is 0 Å². The Hall–Kier alpha value is -1.00. The molecule has 5 heteroatoms. The highest BCUT2D eigenvalue weighted by Gasteiger charge is 2.11.